The van der Waals surface area contributed by atoms with Crippen molar-refractivity contribution in [3.8, 4) is 0 Å². The van der Waals surface area contributed by atoms with Gasteiger partial charge >= 0.3 is 0 Å². The van der Waals surface area contributed by atoms with E-state index in [1.54, 1.807) is 0 Å². The van der Waals surface area contributed by atoms with Gasteiger partial charge in [-0.2, -0.15) is 0 Å². The van der Waals surface area contributed by atoms with Crippen LogP contribution in [-0.4, -0.2) is 113 Å². The Balaban J connectivity index is 0.000000351. The van der Waals surface area contributed by atoms with Gasteiger partial charge in [0, 0.05) is 39.3 Å². The zero-order valence-corrected chi connectivity index (χ0v) is 19.9. The Morgan fingerprint density at radius 3 is 1.45 bits per heavy atom. The highest BCUT2D eigenvalue weighted by molar-refractivity contribution is 4.66. The Hall–Kier alpha value is -0.240. The molecule has 0 bridgehead atoms. The number of hydrogen-bond donors (Lipinski definition) is 0. The Morgan fingerprint density at radius 1 is 0.621 bits per heavy atom. The van der Waals surface area contributed by atoms with Gasteiger partial charge in [0.2, 0.25) is 0 Å². The van der Waals surface area contributed by atoms with E-state index in [-0.39, 0.29) is 0 Å². The van der Waals surface area contributed by atoms with Crippen LogP contribution in [0.3, 0.4) is 0 Å². The summed E-state index contributed by atoms with van der Waals surface area (Å²) in [6.07, 6.45) is 4.04. The monoisotopic (exact) mass is 415 g/mol. The maximum atomic E-state index is 5.38. The molecule has 0 amide bonds. The Labute approximate surface area is 180 Å². The molecule has 3 fully saturated rings. The van der Waals surface area contributed by atoms with E-state index in [4.69, 9.17) is 14.2 Å². The molecular formula is C23H49N3O3. The SMILES string of the molecule is CC.CC(CCCN1CCOCC1)CCN1CCOCC1.CCN1CCOCC1. The Kier molecular flexibility index (Phi) is 17.1. The van der Waals surface area contributed by atoms with Crippen LogP contribution in [0.4, 0.5) is 0 Å². The molecule has 0 aromatic rings. The molecule has 6 nitrogen and oxygen atoms in total. The molecule has 174 valence electrons. The number of morpholine rings is 3. The summed E-state index contributed by atoms with van der Waals surface area (Å²) in [7, 11) is 0. The second kappa shape index (κ2) is 18.5. The van der Waals surface area contributed by atoms with E-state index in [1.807, 2.05) is 13.8 Å². The molecular weight excluding hydrogens is 366 g/mol. The number of hydrogen-bond acceptors (Lipinski definition) is 6. The van der Waals surface area contributed by atoms with Gasteiger partial charge in [-0.1, -0.05) is 27.7 Å². The van der Waals surface area contributed by atoms with Crippen LogP contribution in [-0.2, 0) is 14.2 Å². The van der Waals surface area contributed by atoms with Crippen LogP contribution in [0.15, 0.2) is 0 Å². The molecule has 0 spiro atoms. The van der Waals surface area contributed by atoms with Crippen molar-refractivity contribution in [3.63, 3.8) is 0 Å². The number of ether oxygens (including phenoxy) is 3. The molecule has 0 aromatic carbocycles. The molecule has 1 unspecified atom stereocenters. The Bertz CT molecular complexity index is 342. The van der Waals surface area contributed by atoms with Crippen LogP contribution >= 0.6 is 0 Å². The first-order chi connectivity index (χ1) is 14.3. The molecule has 6 heteroatoms. The van der Waals surface area contributed by atoms with Crippen molar-refractivity contribution in [1.29, 1.82) is 0 Å². The molecule has 0 aromatic heterocycles. The summed E-state index contributed by atoms with van der Waals surface area (Å²) in [6.45, 7) is 24.6. The summed E-state index contributed by atoms with van der Waals surface area (Å²) in [4.78, 5) is 7.48. The zero-order valence-electron chi connectivity index (χ0n) is 19.9. The molecule has 0 radical (unpaired) electrons. The predicted octanol–water partition coefficient (Wildman–Crippen LogP) is 2.82. The molecule has 0 N–H and O–H groups in total. The minimum atomic E-state index is 0.851. The van der Waals surface area contributed by atoms with Crippen molar-refractivity contribution in [1.82, 2.24) is 14.7 Å². The van der Waals surface area contributed by atoms with Gasteiger partial charge in [0.05, 0.1) is 39.6 Å². The van der Waals surface area contributed by atoms with Gasteiger partial charge in [0.15, 0.2) is 0 Å². The van der Waals surface area contributed by atoms with Crippen LogP contribution in [0.5, 0.6) is 0 Å². The first-order valence-corrected chi connectivity index (χ1v) is 12.2. The maximum Gasteiger partial charge on any atom is 0.0594 e. The third kappa shape index (κ3) is 13.6. The quantitative estimate of drug-likeness (QED) is 0.607. The first-order valence-electron chi connectivity index (χ1n) is 12.2. The van der Waals surface area contributed by atoms with Gasteiger partial charge in [-0.25, -0.2) is 0 Å². The fourth-order valence-electron chi connectivity index (χ4n) is 3.78. The summed E-state index contributed by atoms with van der Waals surface area (Å²) >= 11 is 0. The second-order valence-electron chi connectivity index (χ2n) is 7.99. The third-order valence-corrected chi connectivity index (χ3v) is 5.87. The fraction of sp³-hybridized carbons (Fsp3) is 1.00. The average Bonchev–Trinajstić information content (AvgIpc) is 2.81. The lowest BCUT2D eigenvalue weighted by molar-refractivity contribution is 0.0335. The Morgan fingerprint density at radius 2 is 1.03 bits per heavy atom. The van der Waals surface area contributed by atoms with Crippen LogP contribution < -0.4 is 0 Å². The van der Waals surface area contributed by atoms with Crippen LogP contribution in [0.25, 0.3) is 0 Å². The van der Waals surface area contributed by atoms with E-state index in [2.05, 4.69) is 28.5 Å². The van der Waals surface area contributed by atoms with Gasteiger partial charge in [-0.3, -0.25) is 14.7 Å². The average molecular weight is 416 g/mol. The summed E-state index contributed by atoms with van der Waals surface area (Å²) in [6, 6.07) is 0. The normalized spacial score (nSPS) is 22.8. The molecule has 3 saturated heterocycles. The summed E-state index contributed by atoms with van der Waals surface area (Å²) in [5.74, 6) is 0.851. The summed E-state index contributed by atoms with van der Waals surface area (Å²) < 4.78 is 15.9. The molecule has 3 aliphatic heterocycles. The van der Waals surface area contributed by atoms with Crippen molar-refractivity contribution in [2.24, 2.45) is 5.92 Å². The number of likely N-dealkylation sites (N-methyl/N-ethyl adjacent to an activating group) is 1. The van der Waals surface area contributed by atoms with Crippen molar-refractivity contribution in [2.75, 3.05) is 98.5 Å². The lowest BCUT2D eigenvalue weighted by Crippen LogP contribution is -2.37. The van der Waals surface area contributed by atoms with E-state index in [0.29, 0.717) is 0 Å². The molecule has 29 heavy (non-hydrogen) atoms. The van der Waals surface area contributed by atoms with Gasteiger partial charge in [-0.05, 0) is 44.8 Å². The van der Waals surface area contributed by atoms with E-state index in [1.165, 1.54) is 38.9 Å². The minimum absolute atomic E-state index is 0.851. The maximum absolute atomic E-state index is 5.38. The van der Waals surface area contributed by atoms with Gasteiger partial charge in [-0.15, -0.1) is 0 Å². The lowest BCUT2D eigenvalue weighted by atomic mass is 10.0. The summed E-state index contributed by atoms with van der Waals surface area (Å²) in [5, 5.41) is 0. The number of nitrogens with zero attached hydrogens (tertiary/aromatic N) is 3. The van der Waals surface area contributed by atoms with Gasteiger partial charge in [0.25, 0.3) is 0 Å². The summed E-state index contributed by atoms with van der Waals surface area (Å²) in [5.41, 5.74) is 0. The molecule has 3 rings (SSSR count). The largest absolute Gasteiger partial charge is 0.379 e. The number of rotatable bonds is 8. The van der Waals surface area contributed by atoms with E-state index in [0.717, 1.165) is 84.8 Å². The standard InChI is InChI=1S/C15H30N2O2.C6H13NO.C2H6/c1-15(4-6-17-9-13-19-14-10-17)3-2-5-16-7-11-18-12-8-16;1-2-7-3-5-8-6-4-7;1-2/h15H,2-14H2,1H3;2-6H2,1H3;1-2H3. The van der Waals surface area contributed by atoms with Crippen LogP contribution in [0.1, 0.15) is 47.0 Å². The van der Waals surface area contributed by atoms with Gasteiger partial charge < -0.3 is 14.2 Å². The topological polar surface area (TPSA) is 37.4 Å². The molecule has 3 aliphatic rings. The van der Waals surface area contributed by atoms with Crippen molar-refractivity contribution in [3.05, 3.63) is 0 Å². The van der Waals surface area contributed by atoms with Crippen molar-refractivity contribution in [2.45, 2.75) is 47.0 Å². The smallest absolute Gasteiger partial charge is 0.0594 e. The molecule has 3 heterocycles. The zero-order chi connectivity index (χ0) is 21.2. The van der Waals surface area contributed by atoms with E-state index >= 15 is 0 Å². The highest BCUT2D eigenvalue weighted by atomic mass is 16.5. The van der Waals surface area contributed by atoms with Crippen LogP contribution in [0.2, 0.25) is 0 Å². The first kappa shape index (κ1) is 26.8. The molecule has 1 atom stereocenters. The van der Waals surface area contributed by atoms with E-state index in [9.17, 15) is 0 Å². The van der Waals surface area contributed by atoms with Crippen molar-refractivity contribution >= 4 is 0 Å². The van der Waals surface area contributed by atoms with E-state index < -0.39 is 0 Å². The van der Waals surface area contributed by atoms with Gasteiger partial charge in [0.1, 0.15) is 0 Å². The molecule has 0 saturated carbocycles. The molecule has 0 aliphatic carbocycles. The second-order valence-corrected chi connectivity index (χ2v) is 7.99. The minimum Gasteiger partial charge on any atom is -0.379 e. The third-order valence-electron chi connectivity index (χ3n) is 5.87. The fourth-order valence-corrected chi connectivity index (χ4v) is 3.78. The van der Waals surface area contributed by atoms with Crippen LogP contribution in [0, 0.1) is 5.92 Å². The highest BCUT2D eigenvalue weighted by Gasteiger charge is 2.13. The predicted molar refractivity (Wildman–Crippen MR) is 122 cm³/mol. The lowest BCUT2D eigenvalue weighted by Gasteiger charge is -2.28. The highest BCUT2D eigenvalue weighted by Crippen LogP contribution is 2.13. The van der Waals surface area contributed by atoms with Crippen molar-refractivity contribution < 1.29 is 14.2 Å².